The van der Waals surface area contributed by atoms with Gasteiger partial charge in [-0.2, -0.15) is 0 Å². The van der Waals surface area contributed by atoms with Crippen LogP contribution in [0.15, 0.2) is 60.3 Å². The molecule has 6 heteroatoms. The maximum absolute atomic E-state index is 14.9. The normalized spacial score (nSPS) is 16.3. The second-order valence-corrected chi connectivity index (χ2v) is 7.46. The van der Waals surface area contributed by atoms with E-state index in [9.17, 15) is 4.39 Å². The van der Waals surface area contributed by atoms with Gasteiger partial charge in [0, 0.05) is 23.0 Å². The molecule has 0 saturated carbocycles. The van der Waals surface area contributed by atoms with Crippen molar-refractivity contribution in [2.45, 2.75) is 13.8 Å². The predicted octanol–water partition coefficient (Wildman–Crippen LogP) is 4.91. The van der Waals surface area contributed by atoms with Crippen molar-refractivity contribution in [3.63, 3.8) is 0 Å². The molecule has 0 aliphatic carbocycles. The zero-order valence-electron chi connectivity index (χ0n) is 16.9. The van der Waals surface area contributed by atoms with Crippen LogP contribution in [0.2, 0.25) is 0 Å². The maximum Gasteiger partial charge on any atom is 0.163 e. The summed E-state index contributed by atoms with van der Waals surface area (Å²) in [4.78, 5) is 6.67. The summed E-state index contributed by atoms with van der Waals surface area (Å²) in [5, 5.41) is 3.37. The molecule has 0 radical (unpaired) electrons. The average Bonchev–Trinajstić information content (AvgIpc) is 3.53. The van der Waals surface area contributed by atoms with E-state index in [1.807, 2.05) is 56.3 Å². The van der Waals surface area contributed by atoms with E-state index in [0.29, 0.717) is 31.1 Å². The summed E-state index contributed by atoms with van der Waals surface area (Å²) in [5.41, 5.74) is 5.05. The third-order valence-electron chi connectivity index (χ3n) is 5.27. The molecule has 1 saturated heterocycles. The summed E-state index contributed by atoms with van der Waals surface area (Å²) >= 11 is 0. The highest BCUT2D eigenvalue weighted by Crippen LogP contribution is 2.42. The first-order chi connectivity index (χ1) is 14.6. The Morgan fingerprint density at radius 3 is 2.60 bits per heavy atom. The minimum Gasteiger partial charge on any atom is -0.486 e. The van der Waals surface area contributed by atoms with Crippen molar-refractivity contribution >= 4 is 17.2 Å². The van der Waals surface area contributed by atoms with Crippen molar-refractivity contribution in [3.05, 3.63) is 82.9 Å². The summed E-state index contributed by atoms with van der Waals surface area (Å²) in [5.74, 6) is 1.92. The Morgan fingerprint density at radius 1 is 1.00 bits per heavy atom. The van der Waals surface area contributed by atoms with Crippen LogP contribution >= 0.6 is 0 Å². The van der Waals surface area contributed by atoms with Crippen LogP contribution in [-0.2, 0) is 0 Å². The molecule has 1 aromatic heterocycles. The zero-order chi connectivity index (χ0) is 20.7. The van der Waals surface area contributed by atoms with E-state index in [2.05, 4.69) is 15.2 Å². The Bertz CT molecular complexity index is 1140. The molecule has 3 heterocycles. The Balaban J connectivity index is 1.56. The average molecular weight is 403 g/mol. The quantitative estimate of drug-likeness (QED) is 0.627. The summed E-state index contributed by atoms with van der Waals surface area (Å²) in [7, 11) is 0. The van der Waals surface area contributed by atoms with Gasteiger partial charge < -0.3 is 19.7 Å². The predicted molar refractivity (Wildman–Crippen MR) is 115 cm³/mol. The lowest BCUT2D eigenvalue weighted by atomic mass is 10.0. The molecule has 0 atom stereocenters. The van der Waals surface area contributed by atoms with Gasteiger partial charge in [-0.25, -0.2) is 9.37 Å². The van der Waals surface area contributed by atoms with E-state index in [0.717, 1.165) is 39.8 Å². The number of ether oxygens (including phenoxy) is 2. The molecule has 152 valence electrons. The van der Waals surface area contributed by atoms with Crippen molar-refractivity contribution in [3.8, 4) is 11.5 Å². The fourth-order valence-electron chi connectivity index (χ4n) is 3.74. The number of nitrogens with zero attached hydrogens (tertiary/aromatic N) is 2. The minimum absolute atomic E-state index is 0.258. The van der Waals surface area contributed by atoms with E-state index < -0.39 is 0 Å². The smallest absolute Gasteiger partial charge is 0.163 e. The summed E-state index contributed by atoms with van der Waals surface area (Å²) < 4.78 is 26.2. The van der Waals surface area contributed by atoms with E-state index in [4.69, 9.17) is 9.47 Å². The molecule has 2 aliphatic rings. The topological polar surface area (TPSA) is 46.4 Å². The molecule has 1 N–H and O–H groups in total. The van der Waals surface area contributed by atoms with Crippen molar-refractivity contribution in [1.82, 2.24) is 4.98 Å². The van der Waals surface area contributed by atoms with Gasteiger partial charge in [0.05, 0.1) is 17.9 Å². The van der Waals surface area contributed by atoms with Crippen LogP contribution in [0.5, 0.6) is 11.5 Å². The lowest BCUT2D eigenvalue weighted by Gasteiger charge is -2.19. The van der Waals surface area contributed by atoms with Crippen LogP contribution in [-0.4, -0.2) is 24.7 Å². The fourth-order valence-corrected chi connectivity index (χ4v) is 3.74. The first-order valence-electron chi connectivity index (χ1n) is 9.96. The maximum atomic E-state index is 14.9. The van der Waals surface area contributed by atoms with Crippen molar-refractivity contribution < 1.29 is 13.9 Å². The van der Waals surface area contributed by atoms with Crippen molar-refractivity contribution in [2.75, 3.05) is 30.0 Å². The summed E-state index contributed by atoms with van der Waals surface area (Å²) in [6.45, 7) is 5.65. The summed E-state index contributed by atoms with van der Waals surface area (Å²) in [6.07, 6.45) is 0. The number of hydrogen-bond donors (Lipinski definition) is 1. The standard InChI is InChI=1S/C24H22FN3O2/c1-15-5-3-7-18(25)23(15)24(27-22-8-4-6-16(2)26-22)19-14-28(19)17-9-10-20-21(13-17)30-12-11-29-20/h3-10,13H,11-12,14H2,1-2H3,(H,26,27). The van der Waals surface area contributed by atoms with Gasteiger partial charge in [0.2, 0.25) is 0 Å². The molecule has 2 aliphatic heterocycles. The van der Waals surface area contributed by atoms with Crippen LogP contribution in [0.4, 0.5) is 15.9 Å². The molecule has 1 fully saturated rings. The number of hydrogen-bond acceptors (Lipinski definition) is 5. The van der Waals surface area contributed by atoms with Gasteiger partial charge in [-0.15, -0.1) is 0 Å². The molecule has 0 bridgehead atoms. The molecule has 30 heavy (non-hydrogen) atoms. The van der Waals surface area contributed by atoms with Gasteiger partial charge in [0.1, 0.15) is 24.8 Å². The lowest BCUT2D eigenvalue weighted by Crippen LogP contribution is -2.15. The highest BCUT2D eigenvalue weighted by molar-refractivity contribution is 5.87. The first-order valence-corrected chi connectivity index (χ1v) is 9.96. The van der Waals surface area contributed by atoms with Crippen molar-refractivity contribution in [2.24, 2.45) is 0 Å². The van der Waals surface area contributed by atoms with E-state index in [1.54, 1.807) is 6.07 Å². The van der Waals surface area contributed by atoms with Crippen LogP contribution in [0, 0.1) is 19.7 Å². The molecule has 0 amide bonds. The Labute approximate surface area is 174 Å². The molecular weight excluding hydrogens is 381 g/mol. The monoisotopic (exact) mass is 403 g/mol. The van der Waals surface area contributed by atoms with E-state index in [1.165, 1.54) is 6.07 Å². The molecule has 5 nitrogen and oxygen atoms in total. The number of aryl methyl sites for hydroxylation is 2. The second kappa shape index (κ2) is 7.37. The third-order valence-corrected chi connectivity index (χ3v) is 5.27. The summed E-state index contributed by atoms with van der Waals surface area (Å²) in [6, 6.07) is 16.8. The van der Waals surface area contributed by atoms with Gasteiger partial charge in [0.15, 0.2) is 11.5 Å². The Morgan fingerprint density at radius 2 is 1.80 bits per heavy atom. The molecule has 0 unspecified atom stereocenters. The van der Waals surface area contributed by atoms with Gasteiger partial charge >= 0.3 is 0 Å². The molecule has 3 aromatic rings. The van der Waals surface area contributed by atoms with Crippen LogP contribution < -0.4 is 19.7 Å². The van der Waals surface area contributed by atoms with Gasteiger partial charge in [-0.05, 0) is 49.7 Å². The minimum atomic E-state index is -0.258. The highest BCUT2D eigenvalue weighted by atomic mass is 19.1. The second-order valence-electron chi connectivity index (χ2n) is 7.46. The van der Waals surface area contributed by atoms with Crippen LogP contribution in [0.25, 0.3) is 5.70 Å². The van der Waals surface area contributed by atoms with Gasteiger partial charge in [-0.3, -0.25) is 0 Å². The first kappa shape index (κ1) is 18.5. The number of halogens is 1. The van der Waals surface area contributed by atoms with Crippen molar-refractivity contribution in [1.29, 1.82) is 0 Å². The largest absolute Gasteiger partial charge is 0.486 e. The number of nitrogens with one attached hydrogen (secondary N) is 1. The number of anilines is 2. The SMILES string of the molecule is Cc1cccc(NC(=C2CN2c2ccc3c(c2)OCCO3)c2c(C)cccc2F)n1. The Hall–Kier alpha value is -3.54. The van der Waals surface area contributed by atoms with Crippen LogP contribution in [0.1, 0.15) is 16.8 Å². The Kier molecular flexibility index (Phi) is 4.54. The zero-order valence-corrected chi connectivity index (χ0v) is 16.9. The lowest BCUT2D eigenvalue weighted by molar-refractivity contribution is 0.171. The molecule has 2 aromatic carbocycles. The van der Waals surface area contributed by atoms with E-state index >= 15 is 0 Å². The van der Waals surface area contributed by atoms with Crippen LogP contribution in [0.3, 0.4) is 0 Å². The number of aromatic nitrogens is 1. The molecule has 0 spiro atoms. The molecular formula is C24H22FN3O2. The number of fused-ring (bicyclic) bond motifs is 1. The van der Waals surface area contributed by atoms with Gasteiger partial charge in [-0.1, -0.05) is 18.2 Å². The fraction of sp³-hybridized carbons (Fsp3) is 0.208. The highest BCUT2D eigenvalue weighted by Gasteiger charge is 2.34. The number of benzene rings is 2. The number of rotatable bonds is 4. The van der Waals surface area contributed by atoms with E-state index in [-0.39, 0.29) is 5.82 Å². The van der Waals surface area contributed by atoms with Gasteiger partial charge in [0.25, 0.3) is 0 Å². The number of pyridine rings is 1. The third kappa shape index (κ3) is 3.45. The molecule has 5 rings (SSSR count).